The molecule has 2 aliphatic heterocycles. The van der Waals surface area contributed by atoms with Crippen molar-refractivity contribution < 1.29 is 8.95 Å². The van der Waals surface area contributed by atoms with Gasteiger partial charge in [-0.25, -0.2) is 0 Å². The van der Waals surface area contributed by atoms with Crippen LogP contribution in [0.4, 0.5) is 0 Å². The van der Waals surface area contributed by atoms with Crippen molar-refractivity contribution in [2.75, 3.05) is 31.0 Å². The molecule has 2 atom stereocenters. The summed E-state index contributed by atoms with van der Waals surface area (Å²) in [5.74, 6) is 1.72. The molecule has 98 valence electrons. The van der Waals surface area contributed by atoms with Crippen molar-refractivity contribution in [3.8, 4) is 0 Å². The Morgan fingerprint density at radius 2 is 2.29 bits per heavy atom. The first-order valence-corrected chi connectivity index (χ1v) is 8.67. The Bertz CT molecular complexity index is 327. The van der Waals surface area contributed by atoms with Gasteiger partial charge in [-0.2, -0.15) is 0 Å². The summed E-state index contributed by atoms with van der Waals surface area (Å²) in [5, 5.41) is 4.56. The molecule has 2 rings (SSSR count). The number of aliphatic imine (C=N–C) groups is 1. The molecule has 2 saturated heterocycles. The molecule has 0 aromatic heterocycles. The molecule has 0 aliphatic carbocycles. The molecule has 0 radical (unpaired) electrons. The van der Waals surface area contributed by atoms with Crippen LogP contribution in [0.3, 0.4) is 0 Å². The number of ether oxygens (including phenoxy) is 1. The topological polar surface area (TPSA) is 50.7 Å². The Morgan fingerprint density at radius 1 is 1.59 bits per heavy atom. The number of rotatable bonds is 3. The second-order valence-corrected chi connectivity index (χ2v) is 7.27. The molecular formula is C11H20N2O2S2. The van der Waals surface area contributed by atoms with Crippen molar-refractivity contribution in [3.63, 3.8) is 0 Å². The Balaban J connectivity index is 1.92. The van der Waals surface area contributed by atoms with Gasteiger partial charge in [0.1, 0.15) is 0 Å². The number of nitrogens with zero attached hydrogens (tertiary/aromatic N) is 1. The Hall–Kier alpha value is -0.0700. The Kier molecular flexibility index (Phi) is 4.49. The quantitative estimate of drug-likeness (QED) is 0.835. The summed E-state index contributed by atoms with van der Waals surface area (Å²) in [5.41, 5.74) is 0.201. The molecule has 2 unspecified atom stereocenters. The molecule has 2 aliphatic rings. The van der Waals surface area contributed by atoms with Gasteiger partial charge in [-0.3, -0.25) is 9.20 Å². The molecule has 0 bridgehead atoms. The Labute approximate surface area is 109 Å². The summed E-state index contributed by atoms with van der Waals surface area (Å²) >= 11 is 1.79. The van der Waals surface area contributed by atoms with E-state index in [1.807, 2.05) is 6.92 Å². The van der Waals surface area contributed by atoms with Gasteiger partial charge in [0, 0.05) is 41.8 Å². The fourth-order valence-corrected chi connectivity index (χ4v) is 4.25. The van der Waals surface area contributed by atoms with Crippen molar-refractivity contribution in [2.24, 2.45) is 4.99 Å². The van der Waals surface area contributed by atoms with E-state index in [0.717, 1.165) is 37.0 Å². The van der Waals surface area contributed by atoms with Crippen LogP contribution < -0.4 is 5.32 Å². The van der Waals surface area contributed by atoms with Crippen LogP contribution in [0.5, 0.6) is 0 Å². The molecular weight excluding hydrogens is 256 g/mol. The van der Waals surface area contributed by atoms with Gasteiger partial charge in [-0.1, -0.05) is 11.8 Å². The first kappa shape index (κ1) is 13.4. The number of nitrogens with one attached hydrogen (secondary N) is 1. The van der Waals surface area contributed by atoms with Crippen LogP contribution >= 0.6 is 11.8 Å². The van der Waals surface area contributed by atoms with Crippen LogP contribution in [0, 0.1) is 0 Å². The summed E-state index contributed by atoms with van der Waals surface area (Å²) in [6, 6.07) is 0.130. The van der Waals surface area contributed by atoms with Gasteiger partial charge >= 0.3 is 0 Å². The van der Waals surface area contributed by atoms with Crippen LogP contribution in [0.2, 0.25) is 0 Å². The van der Waals surface area contributed by atoms with Crippen LogP contribution in [0.15, 0.2) is 4.99 Å². The molecule has 2 heterocycles. The monoisotopic (exact) mass is 276 g/mol. The normalized spacial score (nSPS) is 29.2. The minimum Gasteiger partial charge on any atom is -0.381 e. The summed E-state index contributed by atoms with van der Waals surface area (Å²) in [7, 11) is -0.773. The third-order valence-electron chi connectivity index (χ3n) is 3.12. The van der Waals surface area contributed by atoms with Crippen molar-refractivity contribution in [1.82, 2.24) is 5.32 Å². The zero-order chi connectivity index (χ0) is 12.3. The van der Waals surface area contributed by atoms with Gasteiger partial charge in [0.25, 0.3) is 0 Å². The maximum Gasteiger partial charge on any atom is 0.157 e. The largest absolute Gasteiger partial charge is 0.381 e. The molecule has 6 heteroatoms. The van der Waals surface area contributed by atoms with E-state index in [9.17, 15) is 4.21 Å². The number of amidine groups is 1. The van der Waals surface area contributed by atoms with Crippen molar-refractivity contribution in [1.29, 1.82) is 0 Å². The lowest BCUT2D eigenvalue weighted by molar-refractivity contribution is 0.0555. The standard InChI is InChI=1S/C11H20N2O2S2/c1-9(7-17(2)14)12-10-13-11(8-16-10)3-5-15-6-4-11/h9H,3-8H2,1-2H3,(H,12,13). The molecule has 0 saturated carbocycles. The smallest absolute Gasteiger partial charge is 0.157 e. The number of hydrogen-bond acceptors (Lipinski definition) is 4. The van der Waals surface area contributed by atoms with E-state index in [1.165, 1.54) is 0 Å². The molecule has 0 aromatic carbocycles. The fourth-order valence-electron chi connectivity index (χ4n) is 2.18. The molecule has 4 nitrogen and oxygen atoms in total. The maximum atomic E-state index is 11.1. The highest BCUT2D eigenvalue weighted by Crippen LogP contribution is 2.31. The van der Waals surface area contributed by atoms with E-state index < -0.39 is 10.8 Å². The zero-order valence-corrected chi connectivity index (χ0v) is 12.0. The second-order valence-electron chi connectivity index (χ2n) is 4.83. The first-order valence-electron chi connectivity index (χ1n) is 5.96. The van der Waals surface area contributed by atoms with Crippen molar-refractivity contribution in [2.45, 2.75) is 31.3 Å². The van der Waals surface area contributed by atoms with Crippen LogP contribution in [0.25, 0.3) is 0 Å². The molecule has 17 heavy (non-hydrogen) atoms. The lowest BCUT2D eigenvalue weighted by Gasteiger charge is -2.32. The fraction of sp³-hybridized carbons (Fsp3) is 0.909. The second kappa shape index (κ2) is 5.71. The SMILES string of the molecule is CC(CS(C)=O)N=C1NC2(CCOCC2)CS1. The number of hydrogen-bond donors (Lipinski definition) is 1. The van der Waals surface area contributed by atoms with Crippen LogP contribution in [-0.4, -0.2) is 51.9 Å². The number of thioether (sulfide) groups is 1. The van der Waals surface area contributed by atoms with Crippen LogP contribution in [0.1, 0.15) is 19.8 Å². The third kappa shape index (κ3) is 3.69. The highest BCUT2D eigenvalue weighted by molar-refractivity contribution is 8.14. The predicted octanol–water partition coefficient (Wildman–Crippen LogP) is 0.995. The summed E-state index contributed by atoms with van der Waals surface area (Å²) < 4.78 is 16.5. The zero-order valence-electron chi connectivity index (χ0n) is 10.4. The van der Waals surface area contributed by atoms with E-state index in [1.54, 1.807) is 18.0 Å². The highest BCUT2D eigenvalue weighted by atomic mass is 32.2. The highest BCUT2D eigenvalue weighted by Gasteiger charge is 2.38. The van der Waals surface area contributed by atoms with E-state index in [-0.39, 0.29) is 11.6 Å². The van der Waals surface area contributed by atoms with Crippen LogP contribution in [-0.2, 0) is 15.5 Å². The molecule has 0 aromatic rings. The lowest BCUT2D eigenvalue weighted by Crippen LogP contribution is -2.48. The van der Waals surface area contributed by atoms with Gasteiger partial charge in [0.05, 0.1) is 11.6 Å². The minimum atomic E-state index is -0.773. The average molecular weight is 276 g/mol. The molecule has 0 amide bonds. The molecule has 2 fully saturated rings. The predicted molar refractivity (Wildman–Crippen MR) is 74.2 cm³/mol. The minimum absolute atomic E-state index is 0.130. The van der Waals surface area contributed by atoms with Gasteiger partial charge in [0.15, 0.2) is 5.17 Å². The summed E-state index contributed by atoms with van der Waals surface area (Å²) in [6.45, 7) is 3.70. The van der Waals surface area contributed by atoms with Gasteiger partial charge in [-0.15, -0.1) is 0 Å². The third-order valence-corrected chi connectivity index (χ3v) is 5.25. The molecule has 1 spiro atoms. The summed E-state index contributed by atoms with van der Waals surface area (Å²) in [6.07, 6.45) is 3.85. The van der Waals surface area contributed by atoms with E-state index in [4.69, 9.17) is 4.74 Å². The van der Waals surface area contributed by atoms with Gasteiger partial charge < -0.3 is 10.1 Å². The van der Waals surface area contributed by atoms with Gasteiger partial charge in [0.2, 0.25) is 0 Å². The van der Waals surface area contributed by atoms with Gasteiger partial charge in [-0.05, 0) is 19.8 Å². The van der Waals surface area contributed by atoms with E-state index in [0.29, 0.717) is 5.75 Å². The van der Waals surface area contributed by atoms with E-state index >= 15 is 0 Å². The Morgan fingerprint density at radius 3 is 2.94 bits per heavy atom. The lowest BCUT2D eigenvalue weighted by atomic mass is 9.93. The molecule has 1 N–H and O–H groups in total. The van der Waals surface area contributed by atoms with Crippen molar-refractivity contribution >= 4 is 27.7 Å². The van der Waals surface area contributed by atoms with Crippen molar-refractivity contribution in [3.05, 3.63) is 0 Å². The first-order chi connectivity index (χ1) is 8.10. The average Bonchev–Trinajstić information content (AvgIpc) is 2.61. The summed E-state index contributed by atoms with van der Waals surface area (Å²) in [4.78, 5) is 4.60. The van der Waals surface area contributed by atoms with E-state index in [2.05, 4.69) is 10.3 Å². The maximum absolute atomic E-state index is 11.1.